The largest absolute Gasteiger partial charge is 0.376 e. The number of amides is 2. The summed E-state index contributed by atoms with van der Waals surface area (Å²) in [4.78, 5) is 23.6. The van der Waals surface area contributed by atoms with Crippen molar-refractivity contribution in [3.05, 3.63) is 64.7 Å². The standard InChI is InChI=1S/C22H24N4O2S/c1-16-24-21(15-29-16)18-6-2-7-19(11-18)25-22(27)26(14-20-8-4-10-28-20)13-17-5-3-9-23-12-17/h2-3,5-7,9,11-12,15,20H,4,8,10,13-14H2,1H3,(H,25,27)/t20-/m0/s1. The maximum atomic E-state index is 13.1. The van der Waals surface area contributed by atoms with Crippen molar-refractivity contribution >= 4 is 23.1 Å². The monoisotopic (exact) mass is 408 g/mol. The highest BCUT2D eigenvalue weighted by Gasteiger charge is 2.23. The molecule has 0 aliphatic carbocycles. The van der Waals surface area contributed by atoms with Crippen molar-refractivity contribution in [1.82, 2.24) is 14.9 Å². The van der Waals surface area contributed by atoms with Gasteiger partial charge in [0.15, 0.2) is 0 Å². The number of carbonyl (C=O) groups excluding carboxylic acids is 1. The molecule has 0 radical (unpaired) electrons. The van der Waals surface area contributed by atoms with Crippen LogP contribution in [0.1, 0.15) is 23.4 Å². The summed E-state index contributed by atoms with van der Waals surface area (Å²) in [6.45, 7) is 3.81. The number of rotatable bonds is 6. The molecule has 6 nitrogen and oxygen atoms in total. The number of aryl methyl sites for hydroxylation is 1. The minimum absolute atomic E-state index is 0.0849. The highest BCUT2D eigenvalue weighted by atomic mass is 32.1. The van der Waals surface area contributed by atoms with Crippen molar-refractivity contribution in [2.24, 2.45) is 0 Å². The number of urea groups is 1. The van der Waals surface area contributed by atoms with Gasteiger partial charge in [-0.05, 0) is 43.5 Å². The number of thiazole rings is 1. The highest BCUT2D eigenvalue weighted by Crippen LogP contribution is 2.24. The lowest BCUT2D eigenvalue weighted by molar-refractivity contribution is 0.0819. The molecule has 2 amide bonds. The number of hydrogen-bond acceptors (Lipinski definition) is 5. The topological polar surface area (TPSA) is 67.4 Å². The Bertz CT molecular complexity index is 954. The van der Waals surface area contributed by atoms with Crippen LogP contribution in [0.5, 0.6) is 0 Å². The van der Waals surface area contributed by atoms with Gasteiger partial charge in [0.1, 0.15) is 0 Å². The van der Waals surface area contributed by atoms with Gasteiger partial charge in [-0.15, -0.1) is 11.3 Å². The lowest BCUT2D eigenvalue weighted by atomic mass is 10.1. The molecule has 1 N–H and O–H groups in total. The molecule has 1 fully saturated rings. The summed E-state index contributed by atoms with van der Waals surface area (Å²) in [7, 11) is 0. The van der Waals surface area contributed by atoms with Crippen molar-refractivity contribution in [1.29, 1.82) is 0 Å². The van der Waals surface area contributed by atoms with Crippen LogP contribution in [-0.4, -0.2) is 40.2 Å². The Morgan fingerprint density at radius 3 is 3.00 bits per heavy atom. The average Bonchev–Trinajstić information content (AvgIpc) is 3.40. The molecule has 150 valence electrons. The Balaban J connectivity index is 1.49. The number of ether oxygens (including phenoxy) is 1. The third-order valence-corrected chi connectivity index (χ3v) is 5.63. The van der Waals surface area contributed by atoms with Gasteiger partial charge in [0, 0.05) is 48.7 Å². The zero-order chi connectivity index (χ0) is 20.1. The first-order valence-electron chi connectivity index (χ1n) is 9.76. The third kappa shape index (κ3) is 5.19. The molecular formula is C22H24N4O2S. The molecule has 7 heteroatoms. The lowest BCUT2D eigenvalue weighted by Gasteiger charge is -2.26. The van der Waals surface area contributed by atoms with Gasteiger partial charge in [-0.3, -0.25) is 4.98 Å². The number of carbonyl (C=O) groups is 1. The van der Waals surface area contributed by atoms with E-state index in [9.17, 15) is 4.79 Å². The minimum Gasteiger partial charge on any atom is -0.376 e. The molecule has 1 saturated heterocycles. The van der Waals surface area contributed by atoms with Crippen molar-refractivity contribution < 1.29 is 9.53 Å². The molecule has 2 aromatic heterocycles. The number of aromatic nitrogens is 2. The van der Waals surface area contributed by atoms with E-state index in [1.807, 2.05) is 48.7 Å². The molecule has 4 rings (SSSR count). The third-order valence-electron chi connectivity index (χ3n) is 4.86. The van der Waals surface area contributed by atoms with Crippen LogP contribution < -0.4 is 5.32 Å². The number of anilines is 1. The van der Waals surface area contributed by atoms with E-state index >= 15 is 0 Å². The predicted molar refractivity (Wildman–Crippen MR) is 115 cm³/mol. The van der Waals surface area contributed by atoms with Crippen LogP contribution in [0.25, 0.3) is 11.3 Å². The summed E-state index contributed by atoms with van der Waals surface area (Å²) in [5.41, 5.74) is 3.66. The molecule has 1 atom stereocenters. The fourth-order valence-corrected chi connectivity index (χ4v) is 4.04. The van der Waals surface area contributed by atoms with Gasteiger partial charge < -0.3 is 15.0 Å². The van der Waals surface area contributed by atoms with Gasteiger partial charge in [-0.2, -0.15) is 0 Å². The van der Waals surface area contributed by atoms with Crippen molar-refractivity contribution in [3.63, 3.8) is 0 Å². The zero-order valence-corrected chi connectivity index (χ0v) is 17.2. The molecule has 29 heavy (non-hydrogen) atoms. The number of nitrogens with zero attached hydrogens (tertiary/aromatic N) is 3. The van der Waals surface area contributed by atoms with E-state index < -0.39 is 0 Å². The summed E-state index contributed by atoms with van der Waals surface area (Å²) < 4.78 is 5.76. The maximum Gasteiger partial charge on any atom is 0.322 e. The first kappa shape index (κ1) is 19.5. The van der Waals surface area contributed by atoms with E-state index in [1.165, 1.54) is 0 Å². The number of hydrogen-bond donors (Lipinski definition) is 1. The molecule has 1 aliphatic rings. The van der Waals surface area contributed by atoms with E-state index in [2.05, 4.69) is 15.3 Å². The quantitative estimate of drug-likeness (QED) is 0.640. The van der Waals surface area contributed by atoms with Crippen molar-refractivity contribution in [2.75, 3.05) is 18.5 Å². The molecule has 0 unspecified atom stereocenters. The maximum absolute atomic E-state index is 13.1. The Kier molecular flexibility index (Phi) is 6.17. The van der Waals surface area contributed by atoms with Gasteiger partial charge in [0.05, 0.1) is 16.8 Å². The Morgan fingerprint density at radius 2 is 2.28 bits per heavy atom. The fraction of sp³-hybridized carbons (Fsp3) is 0.318. The second-order valence-electron chi connectivity index (χ2n) is 7.14. The van der Waals surface area contributed by atoms with Gasteiger partial charge in [-0.25, -0.2) is 9.78 Å². The van der Waals surface area contributed by atoms with E-state index in [4.69, 9.17) is 4.74 Å². The lowest BCUT2D eigenvalue weighted by Crippen LogP contribution is -2.39. The minimum atomic E-state index is -0.143. The van der Waals surface area contributed by atoms with Crippen LogP contribution in [0.15, 0.2) is 54.2 Å². The second-order valence-corrected chi connectivity index (χ2v) is 8.20. The molecule has 1 aliphatic heterocycles. The normalized spacial score (nSPS) is 16.0. The van der Waals surface area contributed by atoms with Crippen LogP contribution in [-0.2, 0) is 11.3 Å². The van der Waals surface area contributed by atoms with Crippen LogP contribution in [0.2, 0.25) is 0 Å². The van der Waals surface area contributed by atoms with E-state index in [-0.39, 0.29) is 12.1 Å². The first-order chi connectivity index (χ1) is 14.2. The summed E-state index contributed by atoms with van der Waals surface area (Å²) in [5.74, 6) is 0. The number of pyridine rings is 1. The smallest absolute Gasteiger partial charge is 0.322 e. The predicted octanol–water partition coefficient (Wildman–Crippen LogP) is 4.73. The molecule has 3 heterocycles. The molecule has 1 aromatic carbocycles. The fourth-order valence-electron chi connectivity index (χ4n) is 3.42. The molecule has 0 bridgehead atoms. The molecule has 0 spiro atoms. The van der Waals surface area contributed by atoms with E-state index in [1.54, 1.807) is 28.6 Å². The number of nitrogens with one attached hydrogen (secondary N) is 1. The zero-order valence-electron chi connectivity index (χ0n) is 16.4. The average molecular weight is 409 g/mol. The van der Waals surface area contributed by atoms with Gasteiger partial charge in [-0.1, -0.05) is 18.2 Å². The van der Waals surface area contributed by atoms with Gasteiger partial charge in [0.25, 0.3) is 0 Å². The summed E-state index contributed by atoms with van der Waals surface area (Å²) in [5, 5.41) is 6.09. The molecule has 0 saturated carbocycles. The second kappa shape index (κ2) is 9.15. The SMILES string of the molecule is Cc1nc(-c2cccc(NC(=O)N(Cc3cccnc3)C[C@@H]3CCCO3)c2)cs1. The van der Waals surface area contributed by atoms with E-state index in [0.717, 1.165) is 47.0 Å². The number of benzene rings is 1. The molecular weight excluding hydrogens is 384 g/mol. The summed E-state index contributed by atoms with van der Waals surface area (Å²) in [6.07, 6.45) is 5.64. The Hall–Kier alpha value is -2.77. The van der Waals surface area contributed by atoms with Crippen LogP contribution in [0.3, 0.4) is 0 Å². The summed E-state index contributed by atoms with van der Waals surface area (Å²) >= 11 is 1.62. The molecule has 3 aromatic rings. The summed E-state index contributed by atoms with van der Waals surface area (Å²) in [6, 6.07) is 11.5. The van der Waals surface area contributed by atoms with Crippen LogP contribution in [0.4, 0.5) is 10.5 Å². The van der Waals surface area contributed by atoms with Crippen LogP contribution in [0, 0.1) is 6.92 Å². The first-order valence-corrected chi connectivity index (χ1v) is 10.6. The highest BCUT2D eigenvalue weighted by molar-refractivity contribution is 7.09. The van der Waals surface area contributed by atoms with Gasteiger partial charge >= 0.3 is 6.03 Å². The van der Waals surface area contributed by atoms with Crippen molar-refractivity contribution in [3.8, 4) is 11.3 Å². The van der Waals surface area contributed by atoms with Crippen molar-refractivity contribution in [2.45, 2.75) is 32.4 Å². The van der Waals surface area contributed by atoms with E-state index in [0.29, 0.717) is 13.1 Å². The van der Waals surface area contributed by atoms with Gasteiger partial charge in [0.2, 0.25) is 0 Å². The Labute approximate surface area is 174 Å². The Morgan fingerprint density at radius 1 is 1.34 bits per heavy atom. The van der Waals surface area contributed by atoms with Crippen LogP contribution >= 0.6 is 11.3 Å².